The van der Waals surface area contributed by atoms with Gasteiger partial charge in [0.1, 0.15) is 17.6 Å². The zero-order valence-electron chi connectivity index (χ0n) is 10.2. The van der Waals surface area contributed by atoms with Crippen molar-refractivity contribution in [2.75, 3.05) is 0 Å². The van der Waals surface area contributed by atoms with Gasteiger partial charge in [0.25, 0.3) is 0 Å². The van der Waals surface area contributed by atoms with Gasteiger partial charge in [-0.25, -0.2) is 9.18 Å². The van der Waals surface area contributed by atoms with E-state index in [2.05, 4.69) is 0 Å². The van der Waals surface area contributed by atoms with Crippen LogP contribution in [0.2, 0.25) is 0 Å². The lowest BCUT2D eigenvalue weighted by molar-refractivity contribution is 0.0734. The first-order chi connectivity index (χ1) is 9.10. The first kappa shape index (κ1) is 12.8. The maximum atomic E-state index is 13.3. The molecular weight excluding hydrogens is 245 g/mol. The Morgan fingerprint density at radius 3 is 2.47 bits per heavy atom. The molecule has 2 aromatic rings. The number of nitriles is 1. The molecule has 0 unspecified atom stereocenters. The van der Waals surface area contributed by atoms with E-state index in [0.29, 0.717) is 5.56 Å². The molecule has 94 valence electrons. The zero-order chi connectivity index (χ0) is 13.8. The normalized spacial score (nSPS) is 9.74. The van der Waals surface area contributed by atoms with Crippen LogP contribution in [0.4, 0.5) is 4.39 Å². The summed E-state index contributed by atoms with van der Waals surface area (Å²) in [6.45, 7) is 1.91. The van der Waals surface area contributed by atoms with E-state index in [1.165, 1.54) is 12.1 Å². The topological polar surface area (TPSA) is 50.1 Å². The number of ether oxygens (including phenoxy) is 1. The Morgan fingerprint density at radius 1 is 1.21 bits per heavy atom. The van der Waals surface area contributed by atoms with Crippen molar-refractivity contribution in [1.29, 1.82) is 5.26 Å². The third-order valence-electron chi connectivity index (χ3n) is 2.56. The van der Waals surface area contributed by atoms with E-state index in [1.54, 1.807) is 30.3 Å². The van der Waals surface area contributed by atoms with Crippen LogP contribution in [-0.2, 0) is 0 Å². The van der Waals surface area contributed by atoms with Crippen LogP contribution in [0.15, 0.2) is 42.5 Å². The Bertz CT molecular complexity index is 657. The third-order valence-corrected chi connectivity index (χ3v) is 2.56. The predicted molar refractivity (Wildman–Crippen MR) is 67.3 cm³/mol. The van der Waals surface area contributed by atoms with E-state index in [4.69, 9.17) is 10.00 Å². The average Bonchev–Trinajstić information content (AvgIpc) is 2.39. The molecule has 0 atom stereocenters. The fourth-order valence-electron chi connectivity index (χ4n) is 1.51. The summed E-state index contributed by atoms with van der Waals surface area (Å²) in [6, 6.07) is 12.2. The SMILES string of the molecule is Cc1ccc(C(=O)Oc2ccc(C#N)c(F)c2)cc1. The van der Waals surface area contributed by atoms with E-state index in [1.807, 2.05) is 6.92 Å². The van der Waals surface area contributed by atoms with Gasteiger partial charge in [-0.15, -0.1) is 0 Å². The van der Waals surface area contributed by atoms with Crippen molar-refractivity contribution in [2.45, 2.75) is 6.92 Å². The second-order valence-electron chi connectivity index (χ2n) is 4.01. The molecular formula is C15H10FNO2. The monoisotopic (exact) mass is 255 g/mol. The van der Waals surface area contributed by atoms with Crippen molar-refractivity contribution in [1.82, 2.24) is 0 Å². The zero-order valence-corrected chi connectivity index (χ0v) is 10.2. The minimum Gasteiger partial charge on any atom is -0.423 e. The molecule has 0 aliphatic heterocycles. The second-order valence-corrected chi connectivity index (χ2v) is 4.01. The Labute approximate surface area is 109 Å². The Balaban J connectivity index is 2.17. The fourth-order valence-corrected chi connectivity index (χ4v) is 1.51. The third kappa shape index (κ3) is 2.96. The highest BCUT2D eigenvalue weighted by Gasteiger charge is 2.10. The fraction of sp³-hybridized carbons (Fsp3) is 0.0667. The van der Waals surface area contributed by atoms with Crippen LogP contribution in [0.3, 0.4) is 0 Å². The van der Waals surface area contributed by atoms with E-state index < -0.39 is 11.8 Å². The quantitative estimate of drug-likeness (QED) is 0.611. The largest absolute Gasteiger partial charge is 0.423 e. The number of rotatable bonds is 2. The number of hydrogen-bond acceptors (Lipinski definition) is 3. The Morgan fingerprint density at radius 2 is 1.89 bits per heavy atom. The van der Waals surface area contributed by atoms with Gasteiger partial charge in [-0.05, 0) is 31.2 Å². The van der Waals surface area contributed by atoms with Gasteiger partial charge >= 0.3 is 5.97 Å². The number of carbonyl (C=O) groups is 1. The molecule has 0 aromatic heterocycles. The number of nitrogens with zero attached hydrogens (tertiary/aromatic N) is 1. The summed E-state index contributed by atoms with van der Waals surface area (Å²) >= 11 is 0. The van der Waals surface area contributed by atoms with Crippen LogP contribution in [0, 0.1) is 24.1 Å². The highest BCUT2D eigenvalue weighted by Crippen LogP contribution is 2.17. The van der Waals surface area contributed by atoms with Crippen LogP contribution in [0.25, 0.3) is 0 Å². The van der Waals surface area contributed by atoms with Gasteiger partial charge in [0.15, 0.2) is 0 Å². The molecule has 0 spiro atoms. The van der Waals surface area contributed by atoms with Gasteiger partial charge in [0, 0.05) is 6.07 Å². The molecule has 0 aliphatic rings. The van der Waals surface area contributed by atoms with E-state index in [9.17, 15) is 9.18 Å². The lowest BCUT2D eigenvalue weighted by atomic mass is 10.1. The minimum absolute atomic E-state index is 0.0714. The Hall–Kier alpha value is -2.67. The highest BCUT2D eigenvalue weighted by atomic mass is 19.1. The number of aryl methyl sites for hydroxylation is 1. The van der Waals surface area contributed by atoms with Crippen molar-refractivity contribution >= 4 is 5.97 Å². The summed E-state index contributed by atoms with van der Waals surface area (Å²) < 4.78 is 18.4. The molecule has 0 saturated carbocycles. The number of esters is 1. The molecule has 0 fully saturated rings. The van der Waals surface area contributed by atoms with Crippen LogP contribution < -0.4 is 4.74 Å². The molecule has 0 heterocycles. The summed E-state index contributed by atoms with van der Waals surface area (Å²) in [5.74, 6) is -1.21. The Kier molecular flexibility index (Phi) is 3.58. The molecule has 4 heteroatoms. The number of hydrogen-bond donors (Lipinski definition) is 0. The van der Waals surface area contributed by atoms with Crippen LogP contribution in [0.5, 0.6) is 5.75 Å². The summed E-state index contributed by atoms with van der Waals surface area (Å²) in [5, 5.41) is 8.60. The van der Waals surface area contributed by atoms with Gasteiger partial charge in [0.2, 0.25) is 0 Å². The average molecular weight is 255 g/mol. The van der Waals surface area contributed by atoms with E-state index >= 15 is 0 Å². The van der Waals surface area contributed by atoms with Crippen molar-refractivity contribution in [2.24, 2.45) is 0 Å². The maximum absolute atomic E-state index is 13.3. The number of halogens is 1. The molecule has 2 aromatic carbocycles. The molecule has 0 N–H and O–H groups in total. The maximum Gasteiger partial charge on any atom is 0.343 e. The molecule has 0 radical (unpaired) electrons. The summed E-state index contributed by atoms with van der Waals surface area (Å²) in [7, 11) is 0. The standard InChI is InChI=1S/C15H10FNO2/c1-10-2-4-11(5-3-10)15(18)19-13-7-6-12(9-17)14(16)8-13/h2-8H,1H3. The molecule has 0 amide bonds. The van der Waals surface area contributed by atoms with Gasteiger partial charge in [0.05, 0.1) is 11.1 Å². The first-order valence-corrected chi connectivity index (χ1v) is 5.58. The predicted octanol–water partition coefficient (Wildman–Crippen LogP) is 3.23. The van der Waals surface area contributed by atoms with Crippen molar-refractivity contribution in [3.63, 3.8) is 0 Å². The lowest BCUT2D eigenvalue weighted by Crippen LogP contribution is -2.08. The molecule has 3 nitrogen and oxygen atoms in total. The molecule has 19 heavy (non-hydrogen) atoms. The highest BCUT2D eigenvalue weighted by molar-refractivity contribution is 5.91. The van der Waals surface area contributed by atoms with Gasteiger partial charge < -0.3 is 4.74 Å². The number of carbonyl (C=O) groups excluding carboxylic acids is 1. The van der Waals surface area contributed by atoms with Gasteiger partial charge in [-0.2, -0.15) is 5.26 Å². The smallest absolute Gasteiger partial charge is 0.343 e. The number of benzene rings is 2. The first-order valence-electron chi connectivity index (χ1n) is 5.58. The van der Waals surface area contributed by atoms with Crippen LogP contribution in [0.1, 0.15) is 21.5 Å². The summed E-state index contributed by atoms with van der Waals surface area (Å²) in [4.78, 5) is 11.8. The van der Waals surface area contributed by atoms with Crippen molar-refractivity contribution < 1.29 is 13.9 Å². The van der Waals surface area contributed by atoms with Crippen LogP contribution in [-0.4, -0.2) is 5.97 Å². The lowest BCUT2D eigenvalue weighted by Gasteiger charge is -2.05. The minimum atomic E-state index is -0.711. The van der Waals surface area contributed by atoms with Gasteiger partial charge in [-0.1, -0.05) is 17.7 Å². The summed E-state index contributed by atoms with van der Waals surface area (Å²) in [5.41, 5.74) is 1.33. The molecule has 0 saturated heterocycles. The van der Waals surface area contributed by atoms with E-state index in [0.717, 1.165) is 11.6 Å². The molecule has 2 rings (SSSR count). The second kappa shape index (κ2) is 5.32. The van der Waals surface area contributed by atoms with Crippen molar-refractivity contribution in [3.05, 3.63) is 65.0 Å². The molecule has 0 bridgehead atoms. The van der Waals surface area contributed by atoms with Gasteiger partial charge in [-0.3, -0.25) is 0 Å². The van der Waals surface area contributed by atoms with E-state index in [-0.39, 0.29) is 11.3 Å². The van der Waals surface area contributed by atoms with Crippen LogP contribution >= 0.6 is 0 Å². The van der Waals surface area contributed by atoms with Crippen molar-refractivity contribution in [3.8, 4) is 11.8 Å². The summed E-state index contributed by atoms with van der Waals surface area (Å²) in [6.07, 6.45) is 0. The molecule has 0 aliphatic carbocycles.